The fraction of sp³-hybridized carbons (Fsp3) is 0.312. The van der Waals surface area contributed by atoms with Gasteiger partial charge in [0.1, 0.15) is 5.01 Å². The van der Waals surface area contributed by atoms with Crippen molar-refractivity contribution in [3.05, 3.63) is 47.7 Å². The van der Waals surface area contributed by atoms with Crippen LogP contribution in [0.25, 0.3) is 10.2 Å². The Bertz CT molecular complexity index is 743. The number of aromatic nitrogens is 3. The first kappa shape index (κ1) is 14.7. The minimum atomic E-state index is -0.481. The number of carbonyl (C=O) groups excluding carboxylic acids is 1. The van der Waals surface area contributed by atoms with Crippen molar-refractivity contribution in [2.24, 2.45) is 0 Å². The molecule has 3 rings (SSSR count). The molecule has 0 radical (unpaired) electrons. The Morgan fingerprint density at radius 2 is 2.14 bits per heavy atom. The van der Waals surface area contributed by atoms with E-state index >= 15 is 0 Å². The molecule has 5 nitrogen and oxygen atoms in total. The van der Waals surface area contributed by atoms with Crippen molar-refractivity contribution >= 4 is 27.5 Å². The van der Waals surface area contributed by atoms with Crippen LogP contribution in [-0.2, 0) is 16.9 Å². The Balaban J connectivity index is 1.68. The standard InChI is InChI=1S/C16H18N4OS/c1-16(2,15-18-12-6-3-4-7-13(12)22-15)19-14(21)8-11-20-10-5-9-17-20/h3-7,9-10H,8,11H2,1-2H3,(H,19,21). The van der Waals surface area contributed by atoms with Crippen LogP contribution in [0.3, 0.4) is 0 Å². The van der Waals surface area contributed by atoms with E-state index in [9.17, 15) is 4.79 Å². The van der Waals surface area contributed by atoms with E-state index in [1.54, 1.807) is 22.2 Å². The third-order valence-corrected chi connectivity index (χ3v) is 4.77. The molecule has 0 atom stereocenters. The smallest absolute Gasteiger partial charge is 0.222 e. The molecule has 1 amide bonds. The molecule has 0 aliphatic carbocycles. The highest BCUT2D eigenvalue weighted by Crippen LogP contribution is 2.29. The summed E-state index contributed by atoms with van der Waals surface area (Å²) in [6.45, 7) is 4.54. The minimum absolute atomic E-state index is 0.000226. The highest BCUT2D eigenvalue weighted by atomic mass is 32.1. The van der Waals surface area contributed by atoms with E-state index in [2.05, 4.69) is 15.4 Å². The number of carbonyl (C=O) groups is 1. The summed E-state index contributed by atoms with van der Waals surface area (Å²) >= 11 is 1.62. The van der Waals surface area contributed by atoms with Gasteiger partial charge in [-0.25, -0.2) is 4.98 Å². The van der Waals surface area contributed by atoms with E-state index in [0.29, 0.717) is 13.0 Å². The number of nitrogens with zero attached hydrogens (tertiary/aromatic N) is 3. The molecule has 0 fully saturated rings. The van der Waals surface area contributed by atoms with Crippen molar-refractivity contribution in [1.82, 2.24) is 20.1 Å². The molecular formula is C16H18N4OS. The number of nitrogens with one attached hydrogen (secondary N) is 1. The lowest BCUT2D eigenvalue weighted by molar-refractivity contribution is -0.123. The lowest BCUT2D eigenvalue weighted by atomic mass is 10.1. The van der Waals surface area contributed by atoms with E-state index in [4.69, 9.17) is 0 Å². The monoisotopic (exact) mass is 314 g/mol. The van der Waals surface area contributed by atoms with Gasteiger partial charge >= 0.3 is 0 Å². The van der Waals surface area contributed by atoms with Crippen molar-refractivity contribution in [3.8, 4) is 0 Å². The van der Waals surface area contributed by atoms with Gasteiger partial charge in [-0.05, 0) is 32.0 Å². The van der Waals surface area contributed by atoms with Gasteiger partial charge in [-0.15, -0.1) is 11.3 Å². The lowest BCUT2D eigenvalue weighted by Gasteiger charge is -2.23. The van der Waals surface area contributed by atoms with E-state index < -0.39 is 5.54 Å². The van der Waals surface area contributed by atoms with E-state index in [1.807, 2.05) is 50.4 Å². The van der Waals surface area contributed by atoms with Crippen LogP contribution in [0.15, 0.2) is 42.7 Å². The van der Waals surface area contributed by atoms with E-state index in [1.165, 1.54) is 0 Å². The van der Waals surface area contributed by atoms with Gasteiger partial charge in [0.15, 0.2) is 0 Å². The number of thiazole rings is 1. The first-order valence-corrected chi connectivity index (χ1v) is 8.01. The minimum Gasteiger partial charge on any atom is -0.345 e. The fourth-order valence-electron chi connectivity index (χ4n) is 2.25. The molecule has 0 unspecified atom stereocenters. The molecule has 114 valence electrons. The number of fused-ring (bicyclic) bond motifs is 1. The molecule has 0 spiro atoms. The van der Waals surface area contributed by atoms with Gasteiger partial charge in [0.25, 0.3) is 0 Å². The Morgan fingerprint density at radius 3 is 2.86 bits per heavy atom. The molecule has 3 aromatic rings. The number of hydrogen-bond acceptors (Lipinski definition) is 4. The summed E-state index contributed by atoms with van der Waals surface area (Å²) in [5.74, 6) is -0.000226. The largest absolute Gasteiger partial charge is 0.345 e. The molecular weight excluding hydrogens is 296 g/mol. The van der Waals surface area contributed by atoms with E-state index in [-0.39, 0.29) is 5.91 Å². The second-order valence-corrected chi connectivity index (χ2v) is 6.71. The Hall–Kier alpha value is -2.21. The molecule has 2 aromatic heterocycles. The van der Waals surface area contributed by atoms with Crippen LogP contribution in [0.1, 0.15) is 25.3 Å². The van der Waals surface area contributed by atoms with Crippen LogP contribution in [0.2, 0.25) is 0 Å². The number of benzene rings is 1. The number of hydrogen-bond donors (Lipinski definition) is 1. The van der Waals surface area contributed by atoms with Crippen LogP contribution < -0.4 is 5.32 Å². The predicted octanol–water partition coefficient (Wildman–Crippen LogP) is 2.93. The summed E-state index contributed by atoms with van der Waals surface area (Å²) in [5, 5.41) is 8.08. The van der Waals surface area contributed by atoms with Crippen molar-refractivity contribution < 1.29 is 4.79 Å². The van der Waals surface area contributed by atoms with Gasteiger partial charge < -0.3 is 5.32 Å². The van der Waals surface area contributed by atoms with Crippen LogP contribution in [-0.4, -0.2) is 20.7 Å². The third-order valence-electron chi connectivity index (χ3n) is 3.41. The van der Waals surface area contributed by atoms with Gasteiger partial charge in [0, 0.05) is 25.4 Å². The quantitative estimate of drug-likeness (QED) is 0.787. The summed E-state index contributed by atoms with van der Waals surface area (Å²) in [6, 6.07) is 9.86. The fourth-order valence-corrected chi connectivity index (χ4v) is 3.28. The zero-order valence-electron chi connectivity index (χ0n) is 12.6. The molecule has 0 aliphatic rings. The topological polar surface area (TPSA) is 59.8 Å². The Labute approximate surface area is 133 Å². The van der Waals surface area contributed by atoms with Crippen molar-refractivity contribution in [3.63, 3.8) is 0 Å². The number of aryl methyl sites for hydroxylation is 1. The predicted molar refractivity (Wildman–Crippen MR) is 87.6 cm³/mol. The van der Waals surface area contributed by atoms with Crippen LogP contribution in [0, 0.1) is 0 Å². The second-order valence-electron chi connectivity index (χ2n) is 5.68. The number of para-hydroxylation sites is 1. The molecule has 22 heavy (non-hydrogen) atoms. The van der Waals surface area contributed by atoms with Gasteiger partial charge in [0.05, 0.1) is 15.8 Å². The average Bonchev–Trinajstić information content (AvgIpc) is 3.14. The maximum Gasteiger partial charge on any atom is 0.222 e. The molecule has 6 heteroatoms. The van der Waals surface area contributed by atoms with E-state index in [0.717, 1.165) is 15.2 Å². The third kappa shape index (κ3) is 3.17. The highest BCUT2D eigenvalue weighted by molar-refractivity contribution is 7.18. The van der Waals surface area contributed by atoms with Crippen molar-refractivity contribution in [2.75, 3.05) is 0 Å². The molecule has 0 bridgehead atoms. The lowest BCUT2D eigenvalue weighted by Crippen LogP contribution is -2.41. The van der Waals surface area contributed by atoms with Gasteiger partial charge in [0.2, 0.25) is 5.91 Å². The average molecular weight is 314 g/mol. The first-order chi connectivity index (χ1) is 10.5. The Morgan fingerprint density at radius 1 is 1.32 bits per heavy atom. The molecule has 0 saturated carbocycles. The maximum atomic E-state index is 12.2. The zero-order valence-corrected chi connectivity index (χ0v) is 13.4. The van der Waals surface area contributed by atoms with Crippen LogP contribution in [0.5, 0.6) is 0 Å². The summed E-state index contributed by atoms with van der Waals surface area (Å²) in [5.41, 5.74) is 0.492. The maximum absolute atomic E-state index is 12.2. The summed E-state index contributed by atoms with van der Waals surface area (Å²) in [6.07, 6.45) is 3.96. The van der Waals surface area contributed by atoms with Crippen molar-refractivity contribution in [1.29, 1.82) is 0 Å². The highest BCUT2D eigenvalue weighted by Gasteiger charge is 2.26. The number of amides is 1. The summed E-state index contributed by atoms with van der Waals surface area (Å²) in [7, 11) is 0. The van der Waals surface area contributed by atoms with Gasteiger partial charge in [-0.1, -0.05) is 12.1 Å². The zero-order chi connectivity index (χ0) is 15.6. The van der Waals surface area contributed by atoms with Crippen LogP contribution in [0.4, 0.5) is 0 Å². The van der Waals surface area contributed by atoms with Crippen molar-refractivity contribution in [2.45, 2.75) is 32.4 Å². The van der Waals surface area contributed by atoms with Crippen LogP contribution >= 0.6 is 11.3 Å². The van der Waals surface area contributed by atoms with Gasteiger partial charge in [-0.2, -0.15) is 5.10 Å². The molecule has 0 aliphatic heterocycles. The molecule has 2 heterocycles. The normalized spacial score (nSPS) is 11.7. The summed E-state index contributed by atoms with van der Waals surface area (Å²) < 4.78 is 2.89. The molecule has 1 N–H and O–H groups in total. The first-order valence-electron chi connectivity index (χ1n) is 7.19. The summed E-state index contributed by atoms with van der Waals surface area (Å²) in [4.78, 5) is 16.8. The Kier molecular flexibility index (Phi) is 3.94. The molecule has 0 saturated heterocycles. The number of rotatable bonds is 5. The SMILES string of the molecule is CC(C)(NC(=O)CCn1cccn1)c1nc2ccccc2s1. The van der Waals surface area contributed by atoms with Gasteiger partial charge in [-0.3, -0.25) is 9.48 Å². The molecule has 1 aromatic carbocycles. The second kappa shape index (κ2) is 5.88.